The quantitative estimate of drug-likeness (QED) is 0.887. The molecule has 18 heavy (non-hydrogen) atoms. The Hall–Kier alpha value is -0.860. The Bertz CT molecular complexity index is 395. The van der Waals surface area contributed by atoms with E-state index in [0.717, 1.165) is 0 Å². The summed E-state index contributed by atoms with van der Waals surface area (Å²) >= 11 is 0. The van der Waals surface area contributed by atoms with Crippen molar-refractivity contribution in [3.8, 4) is 0 Å². The zero-order chi connectivity index (χ0) is 14.0. The van der Waals surface area contributed by atoms with Gasteiger partial charge in [-0.3, -0.25) is 0 Å². The largest absolute Gasteiger partial charge is 0.329 e. The SMILES string of the molecule is Cc1cc(C)c(C)c(C(C)C(CN)N(C)C)c1C. The molecule has 0 aliphatic carbocycles. The topological polar surface area (TPSA) is 29.3 Å². The monoisotopic (exact) mass is 248 g/mol. The summed E-state index contributed by atoms with van der Waals surface area (Å²) in [5.74, 6) is 0.462. The van der Waals surface area contributed by atoms with Gasteiger partial charge in [-0.2, -0.15) is 0 Å². The third kappa shape index (κ3) is 2.76. The van der Waals surface area contributed by atoms with Gasteiger partial charge in [0.05, 0.1) is 0 Å². The molecule has 0 bridgehead atoms. The average molecular weight is 248 g/mol. The van der Waals surface area contributed by atoms with Crippen molar-refractivity contribution < 1.29 is 0 Å². The van der Waals surface area contributed by atoms with Crippen molar-refractivity contribution in [3.63, 3.8) is 0 Å². The normalized spacial score (nSPS) is 14.9. The van der Waals surface area contributed by atoms with Crippen LogP contribution in [0.25, 0.3) is 0 Å². The van der Waals surface area contributed by atoms with E-state index >= 15 is 0 Å². The third-order valence-electron chi connectivity index (χ3n) is 4.36. The van der Waals surface area contributed by atoms with Gasteiger partial charge in [0.2, 0.25) is 0 Å². The minimum Gasteiger partial charge on any atom is -0.329 e. The van der Waals surface area contributed by atoms with Gasteiger partial charge in [0, 0.05) is 12.6 Å². The molecule has 0 aliphatic heterocycles. The predicted octanol–water partition coefficient (Wildman–Crippen LogP) is 2.91. The molecule has 0 radical (unpaired) electrons. The lowest BCUT2D eigenvalue weighted by atomic mass is 9.83. The first-order valence-electron chi connectivity index (χ1n) is 6.75. The van der Waals surface area contributed by atoms with Crippen LogP contribution < -0.4 is 5.73 Å². The first-order valence-corrected chi connectivity index (χ1v) is 6.75. The van der Waals surface area contributed by atoms with Crippen molar-refractivity contribution in [1.29, 1.82) is 0 Å². The van der Waals surface area contributed by atoms with E-state index in [-0.39, 0.29) is 0 Å². The number of nitrogens with zero attached hydrogens (tertiary/aromatic N) is 1. The highest BCUT2D eigenvalue weighted by Crippen LogP contribution is 2.31. The third-order valence-corrected chi connectivity index (χ3v) is 4.36. The molecular formula is C16H28N2. The molecule has 0 aromatic heterocycles. The van der Waals surface area contributed by atoms with Crippen molar-refractivity contribution in [3.05, 3.63) is 33.9 Å². The maximum atomic E-state index is 5.95. The van der Waals surface area contributed by atoms with E-state index in [1.54, 1.807) is 0 Å². The number of hydrogen-bond donors (Lipinski definition) is 1. The van der Waals surface area contributed by atoms with E-state index in [2.05, 4.69) is 59.7 Å². The lowest BCUT2D eigenvalue weighted by molar-refractivity contribution is 0.266. The van der Waals surface area contributed by atoms with Crippen LogP contribution in [0, 0.1) is 27.7 Å². The summed E-state index contributed by atoms with van der Waals surface area (Å²) in [4.78, 5) is 2.24. The van der Waals surface area contributed by atoms with Crippen LogP contribution in [0.1, 0.15) is 40.7 Å². The first kappa shape index (κ1) is 15.2. The molecule has 2 nitrogen and oxygen atoms in total. The molecule has 0 spiro atoms. The molecule has 2 N–H and O–H groups in total. The van der Waals surface area contributed by atoms with Crippen molar-refractivity contribution in [2.75, 3.05) is 20.6 Å². The maximum absolute atomic E-state index is 5.95. The zero-order valence-corrected chi connectivity index (χ0v) is 13.0. The number of hydrogen-bond acceptors (Lipinski definition) is 2. The van der Waals surface area contributed by atoms with Gasteiger partial charge in [-0.1, -0.05) is 13.0 Å². The summed E-state index contributed by atoms with van der Waals surface area (Å²) in [7, 11) is 4.22. The van der Waals surface area contributed by atoms with Gasteiger partial charge in [-0.15, -0.1) is 0 Å². The molecule has 1 rings (SSSR count). The highest BCUT2D eigenvalue weighted by Gasteiger charge is 2.23. The summed E-state index contributed by atoms with van der Waals surface area (Å²) in [5, 5.41) is 0. The minimum absolute atomic E-state index is 0.392. The Morgan fingerprint density at radius 1 is 1.06 bits per heavy atom. The molecule has 0 heterocycles. The fraction of sp³-hybridized carbons (Fsp3) is 0.625. The molecule has 0 amide bonds. The van der Waals surface area contributed by atoms with Crippen LogP contribution in [0.5, 0.6) is 0 Å². The Morgan fingerprint density at radius 2 is 1.50 bits per heavy atom. The van der Waals surface area contributed by atoms with Crippen LogP contribution in [0.2, 0.25) is 0 Å². The van der Waals surface area contributed by atoms with Crippen LogP contribution in [0.3, 0.4) is 0 Å². The highest BCUT2D eigenvalue weighted by atomic mass is 15.1. The highest BCUT2D eigenvalue weighted by molar-refractivity contribution is 5.46. The van der Waals surface area contributed by atoms with Crippen LogP contribution in [-0.2, 0) is 0 Å². The summed E-state index contributed by atoms with van der Waals surface area (Å²) in [5.41, 5.74) is 13.0. The summed E-state index contributed by atoms with van der Waals surface area (Å²) in [6.45, 7) is 11.9. The molecule has 2 atom stereocenters. The molecule has 2 unspecified atom stereocenters. The second-order valence-corrected chi connectivity index (χ2v) is 5.73. The smallest absolute Gasteiger partial charge is 0.0278 e. The van der Waals surface area contributed by atoms with Crippen molar-refractivity contribution in [2.45, 2.75) is 46.6 Å². The van der Waals surface area contributed by atoms with Crippen molar-refractivity contribution >= 4 is 0 Å². The van der Waals surface area contributed by atoms with Crippen molar-refractivity contribution in [1.82, 2.24) is 4.90 Å². The predicted molar refractivity (Wildman–Crippen MR) is 80.3 cm³/mol. The molecule has 0 fully saturated rings. The second kappa shape index (κ2) is 5.85. The molecule has 0 aliphatic rings. The van der Waals surface area contributed by atoms with E-state index in [1.807, 2.05) is 0 Å². The lowest BCUT2D eigenvalue weighted by Gasteiger charge is -2.32. The Morgan fingerprint density at radius 3 is 1.83 bits per heavy atom. The van der Waals surface area contributed by atoms with Gasteiger partial charge in [0.25, 0.3) is 0 Å². The lowest BCUT2D eigenvalue weighted by Crippen LogP contribution is -2.39. The Labute approximate surface area is 112 Å². The van der Waals surface area contributed by atoms with E-state index in [9.17, 15) is 0 Å². The van der Waals surface area contributed by atoms with Gasteiger partial charge < -0.3 is 10.6 Å². The number of likely N-dealkylation sites (N-methyl/N-ethyl adjacent to an activating group) is 1. The van der Waals surface area contributed by atoms with Gasteiger partial charge in [-0.25, -0.2) is 0 Å². The molecular weight excluding hydrogens is 220 g/mol. The van der Waals surface area contributed by atoms with Crippen LogP contribution in [-0.4, -0.2) is 31.6 Å². The average Bonchev–Trinajstić information content (AvgIpc) is 2.27. The zero-order valence-electron chi connectivity index (χ0n) is 13.0. The van der Waals surface area contributed by atoms with Crippen molar-refractivity contribution in [2.24, 2.45) is 5.73 Å². The number of aryl methyl sites for hydroxylation is 2. The summed E-state index contributed by atoms with van der Waals surface area (Å²) < 4.78 is 0. The maximum Gasteiger partial charge on any atom is 0.0278 e. The fourth-order valence-electron chi connectivity index (χ4n) is 2.98. The van der Waals surface area contributed by atoms with E-state index < -0.39 is 0 Å². The van der Waals surface area contributed by atoms with Gasteiger partial charge >= 0.3 is 0 Å². The standard InChI is InChI=1S/C16H28N2/c1-10-8-11(2)13(4)16(12(10)3)14(5)15(9-17)18(6)7/h8,14-15H,9,17H2,1-7H3. The fourth-order valence-corrected chi connectivity index (χ4v) is 2.98. The van der Waals surface area contributed by atoms with Gasteiger partial charge in [0.1, 0.15) is 0 Å². The number of rotatable bonds is 4. The molecule has 1 aromatic rings. The molecule has 0 saturated carbocycles. The first-order chi connectivity index (χ1) is 8.31. The Kier molecular flexibility index (Phi) is 4.94. The van der Waals surface area contributed by atoms with Crippen LogP contribution in [0.4, 0.5) is 0 Å². The second-order valence-electron chi connectivity index (χ2n) is 5.73. The van der Waals surface area contributed by atoms with E-state index in [1.165, 1.54) is 27.8 Å². The van der Waals surface area contributed by atoms with Gasteiger partial charge in [-0.05, 0) is 75.5 Å². The van der Waals surface area contributed by atoms with E-state index in [0.29, 0.717) is 18.5 Å². The van der Waals surface area contributed by atoms with E-state index in [4.69, 9.17) is 5.73 Å². The minimum atomic E-state index is 0.392. The number of nitrogens with two attached hydrogens (primary N) is 1. The van der Waals surface area contributed by atoms with Crippen LogP contribution in [0.15, 0.2) is 6.07 Å². The Balaban J connectivity index is 3.32. The summed E-state index contributed by atoms with van der Waals surface area (Å²) in [6.07, 6.45) is 0. The molecule has 0 saturated heterocycles. The molecule has 1 aromatic carbocycles. The van der Waals surface area contributed by atoms with Gasteiger partial charge in [0.15, 0.2) is 0 Å². The van der Waals surface area contributed by atoms with Crippen LogP contribution >= 0.6 is 0 Å². The molecule has 2 heteroatoms. The molecule has 102 valence electrons. The summed E-state index contributed by atoms with van der Waals surface area (Å²) in [6, 6.07) is 2.68. The number of benzene rings is 1.